The van der Waals surface area contributed by atoms with Crippen LogP contribution in [-0.2, 0) is 19.1 Å². The molecule has 0 heterocycles. The van der Waals surface area contributed by atoms with Gasteiger partial charge in [-0.15, -0.1) is 0 Å². The number of esters is 1. The lowest BCUT2D eigenvalue weighted by molar-refractivity contribution is -0.149. The van der Waals surface area contributed by atoms with Crippen LogP contribution >= 0.6 is 0 Å². The number of hydrogen-bond acceptors (Lipinski definition) is 6. The number of hydrazine groups is 1. The summed E-state index contributed by atoms with van der Waals surface area (Å²) in [6.45, 7) is 3.01. The number of nitrogens with one attached hydrogen (secondary N) is 3. The van der Waals surface area contributed by atoms with Crippen molar-refractivity contribution >= 4 is 23.3 Å². The van der Waals surface area contributed by atoms with Gasteiger partial charge in [0.05, 0.1) is 13.2 Å². The number of ether oxygens (including phenoxy) is 1. The minimum atomic E-state index is -1.25. The van der Waals surface area contributed by atoms with Crippen LogP contribution in [0.1, 0.15) is 13.8 Å². The van der Waals surface area contributed by atoms with Crippen LogP contribution in [0.2, 0.25) is 0 Å². The second-order valence-corrected chi connectivity index (χ2v) is 4.24. The molecule has 0 aliphatic carbocycles. The Morgan fingerprint density at radius 3 is 2.43 bits per heavy atom. The normalized spacial score (nSPS) is 11.3. The SMILES string of the molecule is CCOC(=O)C(NNc1ccccc1)C(=O)NCC(C)=O. The van der Waals surface area contributed by atoms with Gasteiger partial charge < -0.3 is 15.5 Å². The lowest BCUT2D eigenvalue weighted by Crippen LogP contribution is -2.52. The quantitative estimate of drug-likeness (QED) is 0.361. The highest BCUT2D eigenvalue weighted by atomic mass is 16.5. The molecule has 0 spiro atoms. The fraction of sp³-hybridized carbons (Fsp3) is 0.357. The van der Waals surface area contributed by atoms with Gasteiger partial charge in [-0.25, -0.2) is 10.2 Å². The number of carbonyl (C=O) groups excluding carboxylic acids is 3. The van der Waals surface area contributed by atoms with Crippen molar-refractivity contribution in [2.24, 2.45) is 0 Å². The molecule has 1 amide bonds. The summed E-state index contributed by atoms with van der Waals surface area (Å²) in [5.74, 6) is -1.56. The summed E-state index contributed by atoms with van der Waals surface area (Å²) in [5, 5.41) is 2.37. The van der Waals surface area contributed by atoms with Gasteiger partial charge in [0.25, 0.3) is 5.91 Å². The standard InChI is InChI=1S/C14H19N3O4/c1-3-21-14(20)12(13(19)15-9-10(2)18)17-16-11-7-5-4-6-8-11/h4-8,12,16-17H,3,9H2,1-2H3,(H,15,19). The van der Waals surface area contributed by atoms with E-state index < -0.39 is 17.9 Å². The predicted molar refractivity (Wildman–Crippen MR) is 77.3 cm³/mol. The van der Waals surface area contributed by atoms with E-state index in [0.717, 1.165) is 0 Å². The first kappa shape index (κ1) is 16.6. The molecule has 0 aliphatic rings. The molecule has 3 N–H and O–H groups in total. The molecule has 1 aromatic carbocycles. The summed E-state index contributed by atoms with van der Waals surface area (Å²) in [6, 6.07) is 7.74. The third-order valence-corrected chi connectivity index (χ3v) is 2.43. The zero-order chi connectivity index (χ0) is 15.7. The Morgan fingerprint density at radius 1 is 1.19 bits per heavy atom. The molecule has 7 nitrogen and oxygen atoms in total. The Hall–Kier alpha value is -2.41. The highest BCUT2D eigenvalue weighted by molar-refractivity contribution is 6.03. The molecule has 1 rings (SSSR count). The minimum Gasteiger partial charge on any atom is -0.464 e. The first-order valence-corrected chi connectivity index (χ1v) is 6.55. The summed E-state index contributed by atoms with van der Waals surface area (Å²) in [6.07, 6.45) is 0. The van der Waals surface area contributed by atoms with Crippen molar-refractivity contribution in [2.75, 3.05) is 18.6 Å². The molecule has 0 radical (unpaired) electrons. The maximum absolute atomic E-state index is 11.9. The van der Waals surface area contributed by atoms with Crippen molar-refractivity contribution in [3.05, 3.63) is 30.3 Å². The first-order chi connectivity index (χ1) is 10.0. The third kappa shape index (κ3) is 6.05. The summed E-state index contributed by atoms with van der Waals surface area (Å²) in [7, 11) is 0. The summed E-state index contributed by atoms with van der Waals surface area (Å²) in [5.41, 5.74) is 6.04. The van der Waals surface area contributed by atoms with Gasteiger partial charge in [0.15, 0.2) is 0 Å². The smallest absolute Gasteiger partial charge is 0.334 e. The highest BCUT2D eigenvalue weighted by Crippen LogP contribution is 2.03. The Morgan fingerprint density at radius 2 is 1.86 bits per heavy atom. The second-order valence-electron chi connectivity index (χ2n) is 4.24. The van der Waals surface area contributed by atoms with Crippen LogP contribution in [0.4, 0.5) is 5.69 Å². The molecule has 1 atom stereocenters. The number of benzene rings is 1. The summed E-state index contributed by atoms with van der Waals surface area (Å²) < 4.78 is 4.83. The Kier molecular flexibility index (Phi) is 6.90. The number of Topliss-reactive ketones (excluding diaryl/α,β-unsaturated/α-hetero) is 1. The van der Waals surface area contributed by atoms with Crippen molar-refractivity contribution < 1.29 is 19.1 Å². The molecular formula is C14H19N3O4. The molecule has 0 bridgehead atoms. The molecule has 0 saturated carbocycles. The third-order valence-electron chi connectivity index (χ3n) is 2.43. The second kappa shape index (κ2) is 8.70. The molecule has 114 valence electrons. The molecule has 1 aromatic rings. The first-order valence-electron chi connectivity index (χ1n) is 6.55. The van der Waals surface area contributed by atoms with Crippen LogP contribution in [0.3, 0.4) is 0 Å². The van der Waals surface area contributed by atoms with Gasteiger partial charge in [-0.1, -0.05) is 18.2 Å². The highest BCUT2D eigenvalue weighted by Gasteiger charge is 2.27. The van der Waals surface area contributed by atoms with Gasteiger partial charge in [0.1, 0.15) is 5.78 Å². The molecule has 7 heteroatoms. The fourth-order valence-electron chi connectivity index (χ4n) is 1.45. The van der Waals surface area contributed by atoms with Gasteiger partial charge >= 0.3 is 5.97 Å². The number of rotatable bonds is 8. The Balaban J connectivity index is 2.65. The lowest BCUT2D eigenvalue weighted by Gasteiger charge is -2.17. The zero-order valence-corrected chi connectivity index (χ0v) is 12.0. The average Bonchev–Trinajstić information content (AvgIpc) is 2.46. The topological polar surface area (TPSA) is 96.5 Å². The van der Waals surface area contributed by atoms with Crippen LogP contribution in [0.15, 0.2) is 30.3 Å². The van der Waals surface area contributed by atoms with Crippen LogP contribution in [-0.4, -0.2) is 36.9 Å². The van der Waals surface area contributed by atoms with E-state index in [9.17, 15) is 14.4 Å². The molecule has 0 fully saturated rings. The Labute approximate surface area is 123 Å². The zero-order valence-electron chi connectivity index (χ0n) is 12.0. The van der Waals surface area contributed by atoms with Crippen molar-refractivity contribution in [1.82, 2.24) is 10.7 Å². The number of carbonyl (C=O) groups is 3. The largest absolute Gasteiger partial charge is 0.464 e. The van der Waals surface area contributed by atoms with E-state index in [4.69, 9.17) is 4.74 Å². The van der Waals surface area contributed by atoms with E-state index >= 15 is 0 Å². The van der Waals surface area contributed by atoms with Gasteiger partial charge in [-0.3, -0.25) is 9.59 Å². The maximum atomic E-state index is 11.9. The van der Waals surface area contributed by atoms with Crippen molar-refractivity contribution in [2.45, 2.75) is 19.9 Å². The number of ketones is 1. The number of hydrogen-bond donors (Lipinski definition) is 3. The van der Waals surface area contributed by atoms with E-state index in [1.54, 1.807) is 31.2 Å². The molecule has 0 aliphatic heterocycles. The van der Waals surface area contributed by atoms with Crippen LogP contribution in [0.25, 0.3) is 0 Å². The van der Waals surface area contributed by atoms with E-state index in [1.807, 2.05) is 6.07 Å². The number of amides is 1. The van der Waals surface area contributed by atoms with Crippen molar-refractivity contribution in [3.8, 4) is 0 Å². The van der Waals surface area contributed by atoms with E-state index in [2.05, 4.69) is 16.2 Å². The van der Waals surface area contributed by atoms with E-state index in [1.165, 1.54) is 6.92 Å². The molecular weight excluding hydrogens is 274 g/mol. The van der Waals surface area contributed by atoms with Gasteiger partial charge in [0.2, 0.25) is 6.04 Å². The summed E-state index contributed by atoms with van der Waals surface area (Å²) >= 11 is 0. The minimum absolute atomic E-state index is 0.137. The number of anilines is 1. The van der Waals surface area contributed by atoms with Crippen molar-refractivity contribution in [3.63, 3.8) is 0 Å². The van der Waals surface area contributed by atoms with Crippen LogP contribution in [0.5, 0.6) is 0 Å². The predicted octanol–water partition coefficient (Wildman–Crippen LogP) is 0.240. The fourth-order valence-corrected chi connectivity index (χ4v) is 1.45. The van der Waals surface area contributed by atoms with Crippen LogP contribution < -0.4 is 16.2 Å². The summed E-state index contributed by atoms with van der Waals surface area (Å²) in [4.78, 5) is 34.6. The maximum Gasteiger partial charge on any atom is 0.334 e. The monoisotopic (exact) mass is 293 g/mol. The van der Waals surface area contributed by atoms with Gasteiger partial charge in [-0.05, 0) is 26.0 Å². The van der Waals surface area contributed by atoms with Crippen LogP contribution in [0, 0.1) is 0 Å². The molecule has 1 unspecified atom stereocenters. The molecule has 21 heavy (non-hydrogen) atoms. The van der Waals surface area contributed by atoms with E-state index in [0.29, 0.717) is 5.69 Å². The number of para-hydroxylation sites is 1. The Bertz CT molecular complexity index is 490. The van der Waals surface area contributed by atoms with Gasteiger partial charge in [-0.2, -0.15) is 0 Å². The molecule has 0 saturated heterocycles. The van der Waals surface area contributed by atoms with Crippen molar-refractivity contribution in [1.29, 1.82) is 0 Å². The molecule has 0 aromatic heterocycles. The van der Waals surface area contributed by atoms with E-state index in [-0.39, 0.29) is 18.9 Å². The van der Waals surface area contributed by atoms with Gasteiger partial charge in [0, 0.05) is 5.69 Å². The lowest BCUT2D eigenvalue weighted by atomic mass is 10.2. The average molecular weight is 293 g/mol.